The molecule has 1 aliphatic carbocycles. The number of aryl methyl sites for hydroxylation is 1. The van der Waals surface area contributed by atoms with Gasteiger partial charge < -0.3 is 10.2 Å². The molecule has 4 aromatic rings. The number of amides is 2. The molecule has 0 bridgehead atoms. The van der Waals surface area contributed by atoms with Crippen LogP contribution in [0.25, 0.3) is 0 Å². The average molecular weight is 676 g/mol. The van der Waals surface area contributed by atoms with Crippen molar-refractivity contribution in [3.05, 3.63) is 131 Å². The molecule has 2 amide bonds. The van der Waals surface area contributed by atoms with Crippen molar-refractivity contribution in [2.45, 2.75) is 69.0 Å². The molecule has 7 nitrogen and oxygen atoms in total. The molecular formula is C37H39ClFN3O4S. The maximum Gasteiger partial charge on any atom is 0.264 e. The quantitative estimate of drug-likeness (QED) is 0.174. The Balaban J connectivity index is 1.55. The zero-order chi connectivity index (χ0) is 33.4. The normalized spacial score (nSPS) is 14.3. The summed E-state index contributed by atoms with van der Waals surface area (Å²) in [5.41, 5.74) is 2.57. The Morgan fingerprint density at radius 1 is 0.851 bits per heavy atom. The second-order valence-corrected chi connectivity index (χ2v) is 14.3. The molecule has 0 radical (unpaired) electrons. The van der Waals surface area contributed by atoms with E-state index >= 15 is 0 Å². The van der Waals surface area contributed by atoms with Gasteiger partial charge in [0.05, 0.1) is 10.6 Å². The van der Waals surface area contributed by atoms with Crippen molar-refractivity contribution in [1.29, 1.82) is 0 Å². The van der Waals surface area contributed by atoms with Crippen LogP contribution in [0.15, 0.2) is 108 Å². The van der Waals surface area contributed by atoms with Crippen LogP contribution in [0.5, 0.6) is 0 Å². The third kappa shape index (κ3) is 8.99. The largest absolute Gasteiger partial charge is 0.352 e. The molecule has 5 rings (SSSR count). The molecule has 0 unspecified atom stereocenters. The van der Waals surface area contributed by atoms with Gasteiger partial charge in [-0.3, -0.25) is 13.9 Å². The predicted octanol–water partition coefficient (Wildman–Crippen LogP) is 7.07. The van der Waals surface area contributed by atoms with Gasteiger partial charge >= 0.3 is 0 Å². The third-order valence-corrected chi connectivity index (χ3v) is 10.5. The molecule has 10 heteroatoms. The maximum absolute atomic E-state index is 14.6. The Kier molecular flexibility index (Phi) is 11.3. The molecule has 0 heterocycles. The molecule has 47 heavy (non-hydrogen) atoms. The molecule has 0 spiro atoms. The van der Waals surface area contributed by atoms with E-state index in [9.17, 15) is 22.4 Å². The van der Waals surface area contributed by atoms with Gasteiger partial charge in [-0.1, -0.05) is 91.0 Å². The van der Waals surface area contributed by atoms with E-state index in [1.165, 1.54) is 29.2 Å². The lowest BCUT2D eigenvalue weighted by Gasteiger charge is -2.35. The zero-order valence-corrected chi connectivity index (χ0v) is 27.9. The summed E-state index contributed by atoms with van der Waals surface area (Å²) in [6.07, 6.45) is 5.11. The van der Waals surface area contributed by atoms with E-state index in [1.807, 2.05) is 37.3 Å². The van der Waals surface area contributed by atoms with Crippen LogP contribution in [0, 0.1) is 12.7 Å². The van der Waals surface area contributed by atoms with Crippen molar-refractivity contribution >= 4 is 39.1 Å². The van der Waals surface area contributed by atoms with Crippen LogP contribution in [0.4, 0.5) is 10.1 Å². The minimum atomic E-state index is -4.27. The molecule has 1 atom stereocenters. The molecule has 1 aliphatic rings. The summed E-state index contributed by atoms with van der Waals surface area (Å²) in [7, 11) is -4.27. The molecule has 0 aromatic heterocycles. The number of sulfonamides is 1. The number of carbonyl (C=O) groups excluding carboxylic acids is 2. The standard InChI is InChI=1S/C37H39ClFN3O4S/c1-27-12-22-34(23-13-27)47(45,46)42(33-20-18-31(39)19-21-33)26-36(43)41(25-29-14-16-30(38)17-15-29)35(24-28-8-4-2-5-9-28)37(44)40-32-10-6-3-7-11-32/h2,4-5,8-9,12-23,32,35H,3,6-7,10-11,24-26H2,1H3,(H,40,44)/t35-/m0/s1. The predicted molar refractivity (Wildman–Crippen MR) is 183 cm³/mol. The summed E-state index contributed by atoms with van der Waals surface area (Å²) in [6, 6.07) is 26.7. The number of anilines is 1. The second-order valence-electron chi connectivity index (χ2n) is 12.0. The summed E-state index contributed by atoms with van der Waals surface area (Å²) in [5, 5.41) is 3.72. The first-order valence-corrected chi connectivity index (χ1v) is 17.6. The van der Waals surface area contributed by atoms with Crippen LogP contribution in [0.2, 0.25) is 5.02 Å². The van der Waals surface area contributed by atoms with Gasteiger partial charge in [0.25, 0.3) is 10.0 Å². The van der Waals surface area contributed by atoms with Gasteiger partial charge in [0.15, 0.2) is 0 Å². The van der Waals surface area contributed by atoms with E-state index in [4.69, 9.17) is 11.6 Å². The first-order chi connectivity index (χ1) is 22.6. The fraction of sp³-hybridized carbons (Fsp3) is 0.297. The maximum atomic E-state index is 14.6. The number of hydrogen-bond donors (Lipinski definition) is 1. The minimum absolute atomic E-state index is 0.000337. The molecular weight excluding hydrogens is 637 g/mol. The van der Waals surface area contributed by atoms with Crippen LogP contribution >= 0.6 is 11.6 Å². The zero-order valence-electron chi connectivity index (χ0n) is 26.3. The summed E-state index contributed by atoms with van der Waals surface area (Å²) in [6.45, 7) is 1.27. The monoisotopic (exact) mass is 675 g/mol. The first-order valence-electron chi connectivity index (χ1n) is 15.8. The first kappa shape index (κ1) is 34.1. The van der Waals surface area contributed by atoms with Gasteiger partial charge in [0.2, 0.25) is 11.8 Å². The highest BCUT2D eigenvalue weighted by Crippen LogP contribution is 2.26. The Hall–Kier alpha value is -4.21. The minimum Gasteiger partial charge on any atom is -0.352 e. The van der Waals surface area contributed by atoms with Crippen LogP contribution in [0.1, 0.15) is 48.8 Å². The Morgan fingerprint density at radius 2 is 1.49 bits per heavy atom. The van der Waals surface area contributed by atoms with E-state index in [0.29, 0.717) is 5.02 Å². The number of rotatable bonds is 12. The van der Waals surface area contributed by atoms with Gasteiger partial charge in [-0.05, 0) is 79.4 Å². The molecule has 0 saturated heterocycles. The smallest absolute Gasteiger partial charge is 0.264 e. The Bertz CT molecular complexity index is 1750. The molecule has 4 aromatic carbocycles. The summed E-state index contributed by atoms with van der Waals surface area (Å²) < 4.78 is 43.2. The highest BCUT2D eigenvalue weighted by atomic mass is 35.5. The lowest BCUT2D eigenvalue weighted by Crippen LogP contribution is -2.55. The molecule has 1 saturated carbocycles. The SMILES string of the molecule is Cc1ccc(S(=O)(=O)N(CC(=O)N(Cc2ccc(Cl)cc2)[C@@H](Cc2ccccc2)C(=O)NC2CCCCC2)c2ccc(F)cc2)cc1. The van der Waals surface area contributed by atoms with Crippen LogP contribution in [0.3, 0.4) is 0 Å². The number of hydrogen-bond acceptors (Lipinski definition) is 4. The lowest BCUT2D eigenvalue weighted by atomic mass is 9.94. The molecule has 0 aliphatic heterocycles. The number of nitrogens with zero attached hydrogens (tertiary/aromatic N) is 2. The van der Waals surface area contributed by atoms with Gasteiger partial charge in [0, 0.05) is 24.0 Å². The van der Waals surface area contributed by atoms with Crippen molar-refractivity contribution < 1.29 is 22.4 Å². The number of carbonyl (C=O) groups is 2. The second kappa shape index (κ2) is 15.6. The van der Waals surface area contributed by atoms with Crippen molar-refractivity contribution in [3.8, 4) is 0 Å². The van der Waals surface area contributed by atoms with Crippen LogP contribution in [-0.4, -0.2) is 43.8 Å². The molecule has 1 N–H and O–H groups in total. The van der Waals surface area contributed by atoms with Crippen LogP contribution in [-0.2, 0) is 32.6 Å². The molecule has 246 valence electrons. The fourth-order valence-corrected chi connectivity index (χ4v) is 7.40. The highest BCUT2D eigenvalue weighted by molar-refractivity contribution is 7.92. The summed E-state index contributed by atoms with van der Waals surface area (Å²) >= 11 is 6.16. The van der Waals surface area contributed by atoms with Crippen LogP contribution < -0.4 is 9.62 Å². The van der Waals surface area contributed by atoms with Crippen molar-refractivity contribution in [2.75, 3.05) is 10.8 Å². The van der Waals surface area contributed by atoms with Gasteiger partial charge in [-0.15, -0.1) is 0 Å². The number of benzene rings is 4. The summed E-state index contributed by atoms with van der Waals surface area (Å²) in [5.74, 6) is -1.42. The average Bonchev–Trinajstić information content (AvgIpc) is 3.07. The van der Waals surface area contributed by atoms with Crippen molar-refractivity contribution in [3.63, 3.8) is 0 Å². The lowest BCUT2D eigenvalue weighted by molar-refractivity contribution is -0.140. The van der Waals surface area contributed by atoms with Gasteiger partial charge in [0.1, 0.15) is 18.4 Å². The van der Waals surface area contributed by atoms with E-state index in [1.54, 1.807) is 36.4 Å². The number of nitrogens with one attached hydrogen (secondary N) is 1. The molecule has 1 fully saturated rings. The topological polar surface area (TPSA) is 86.8 Å². The Morgan fingerprint density at radius 3 is 2.13 bits per heavy atom. The van der Waals surface area contributed by atoms with Gasteiger partial charge in [-0.2, -0.15) is 0 Å². The van der Waals surface area contributed by atoms with E-state index in [-0.39, 0.29) is 35.5 Å². The van der Waals surface area contributed by atoms with Gasteiger partial charge in [-0.25, -0.2) is 12.8 Å². The highest BCUT2D eigenvalue weighted by Gasteiger charge is 2.35. The number of halogens is 2. The Labute approximate surface area is 281 Å². The fourth-order valence-electron chi connectivity index (χ4n) is 5.86. The van der Waals surface area contributed by atoms with Crippen molar-refractivity contribution in [2.24, 2.45) is 0 Å². The third-order valence-electron chi connectivity index (χ3n) is 8.49. The summed E-state index contributed by atoms with van der Waals surface area (Å²) in [4.78, 5) is 30.2. The van der Waals surface area contributed by atoms with E-state index < -0.39 is 34.3 Å². The van der Waals surface area contributed by atoms with E-state index in [2.05, 4.69) is 5.32 Å². The van der Waals surface area contributed by atoms with Crippen molar-refractivity contribution in [1.82, 2.24) is 10.2 Å². The van der Waals surface area contributed by atoms with E-state index in [0.717, 1.165) is 65.2 Å².